The molecule has 8 nitrogen and oxygen atoms in total. The van der Waals surface area contributed by atoms with E-state index < -0.39 is 29.6 Å². The summed E-state index contributed by atoms with van der Waals surface area (Å²) in [7, 11) is 0. The van der Waals surface area contributed by atoms with Crippen LogP contribution < -0.4 is 10.6 Å². The standard InChI is InChI=1S/C31H41BrN4O4/c1-20-13-18-35(19-14-20)16-5-17-36-27(29(38)34-22-6-3-2-4-7-22)31-15-12-24(40-31)25(26(31)30(36)39)28(37)33-23-10-8-21(32)9-11-23/h8-12,15,20,22,24-27H,2-7,13-14,16-19H2,1H3,(H,33,37)(H,34,38)/t24-,25+,26-,27+,31-/m0/s1. The molecule has 216 valence electrons. The Morgan fingerprint density at radius 1 is 1.02 bits per heavy atom. The zero-order chi connectivity index (χ0) is 27.9. The van der Waals surface area contributed by atoms with Crippen molar-refractivity contribution < 1.29 is 19.1 Å². The Hall–Kier alpha value is -2.23. The SMILES string of the molecule is CC1CCN(CCCN2C(=O)[C@@H]3[C@H](C(=O)Nc4ccc(Br)cc4)[C@@H]4C=C[C@@]3(O4)[C@H]2C(=O)NC2CCCCC2)CC1. The zero-order valence-corrected chi connectivity index (χ0v) is 24.9. The summed E-state index contributed by atoms with van der Waals surface area (Å²) in [6.45, 7) is 5.85. The highest BCUT2D eigenvalue weighted by Gasteiger charge is 2.72. The number of ether oxygens (including phenoxy) is 1. The molecule has 40 heavy (non-hydrogen) atoms. The van der Waals surface area contributed by atoms with E-state index in [4.69, 9.17) is 4.74 Å². The summed E-state index contributed by atoms with van der Waals surface area (Å²) >= 11 is 3.43. The van der Waals surface area contributed by atoms with Crippen molar-refractivity contribution in [3.63, 3.8) is 0 Å². The number of carbonyl (C=O) groups is 3. The maximum absolute atomic E-state index is 14.1. The topological polar surface area (TPSA) is 91.0 Å². The molecule has 2 bridgehead atoms. The van der Waals surface area contributed by atoms with Crippen LogP contribution in [0.2, 0.25) is 0 Å². The molecule has 0 unspecified atom stereocenters. The largest absolute Gasteiger partial charge is 0.359 e. The first kappa shape index (κ1) is 27.9. The molecule has 1 aromatic rings. The second kappa shape index (κ2) is 11.6. The number of rotatable bonds is 8. The first-order valence-electron chi connectivity index (χ1n) is 15.1. The molecule has 9 heteroatoms. The fourth-order valence-corrected chi connectivity index (χ4v) is 7.81. The van der Waals surface area contributed by atoms with Crippen molar-refractivity contribution >= 4 is 39.3 Å². The van der Waals surface area contributed by atoms with Gasteiger partial charge >= 0.3 is 0 Å². The minimum atomic E-state index is -1.11. The third kappa shape index (κ3) is 5.25. The van der Waals surface area contributed by atoms with Crippen LogP contribution in [0.4, 0.5) is 5.69 Å². The van der Waals surface area contributed by atoms with Crippen LogP contribution in [0, 0.1) is 17.8 Å². The number of nitrogens with one attached hydrogen (secondary N) is 2. The highest BCUT2D eigenvalue weighted by Crippen LogP contribution is 2.55. The van der Waals surface area contributed by atoms with E-state index in [9.17, 15) is 14.4 Å². The summed E-state index contributed by atoms with van der Waals surface area (Å²) in [5, 5.41) is 6.26. The molecular weight excluding hydrogens is 572 g/mol. The highest BCUT2D eigenvalue weighted by atomic mass is 79.9. The second-order valence-electron chi connectivity index (χ2n) is 12.5. The fraction of sp³-hybridized carbons (Fsp3) is 0.645. The van der Waals surface area contributed by atoms with E-state index >= 15 is 0 Å². The molecule has 0 radical (unpaired) electrons. The maximum atomic E-state index is 14.1. The van der Waals surface area contributed by atoms with Crippen molar-refractivity contribution in [2.75, 3.05) is 31.5 Å². The Labute approximate surface area is 245 Å². The van der Waals surface area contributed by atoms with E-state index in [-0.39, 0.29) is 23.8 Å². The van der Waals surface area contributed by atoms with Crippen LogP contribution in [0.25, 0.3) is 0 Å². The van der Waals surface area contributed by atoms with Crippen LogP contribution in [-0.4, -0.2) is 77.5 Å². The Morgan fingerprint density at radius 3 is 2.48 bits per heavy atom. The molecule has 5 aliphatic rings. The summed E-state index contributed by atoms with van der Waals surface area (Å²) in [6.07, 6.45) is 11.8. The van der Waals surface area contributed by atoms with Gasteiger partial charge in [0, 0.05) is 22.7 Å². The zero-order valence-electron chi connectivity index (χ0n) is 23.3. The van der Waals surface area contributed by atoms with E-state index in [2.05, 4.69) is 38.4 Å². The molecule has 5 atom stereocenters. The molecule has 3 amide bonds. The van der Waals surface area contributed by atoms with Gasteiger partial charge in [-0.05, 0) is 81.9 Å². The Kier molecular flexibility index (Phi) is 8.07. The monoisotopic (exact) mass is 612 g/mol. The van der Waals surface area contributed by atoms with Gasteiger partial charge in [0.2, 0.25) is 17.7 Å². The van der Waals surface area contributed by atoms with E-state index in [1.807, 2.05) is 36.4 Å². The number of nitrogens with zero attached hydrogens (tertiary/aromatic N) is 2. The van der Waals surface area contributed by atoms with Crippen LogP contribution in [0.3, 0.4) is 0 Å². The molecule has 1 spiro atoms. The van der Waals surface area contributed by atoms with Crippen LogP contribution in [0.5, 0.6) is 0 Å². The number of fused-ring (bicyclic) bond motifs is 1. The van der Waals surface area contributed by atoms with E-state index in [1.54, 1.807) is 4.90 Å². The Morgan fingerprint density at radius 2 is 1.75 bits per heavy atom. The van der Waals surface area contributed by atoms with Gasteiger partial charge in [-0.2, -0.15) is 0 Å². The lowest BCUT2D eigenvalue weighted by Gasteiger charge is -2.35. The van der Waals surface area contributed by atoms with Crippen molar-refractivity contribution in [3.8, 4) is 0 Å². The first-order valence-corrected chi connectivity index (χ1v) is 15.9. The van der Waals surface area contributed by atoms with Crippen LogP contribution in [0.15, 0.2) is 40.9 Å². The van der Waals surface area contributed by atoms with Crippen molar-refractivity contribution in [1.29, 1.82) is 0 Å². The third-order valence-corrected chi connectivity index (χ3v) is 10.3. The lowest BCUT2D eigenvalue weighted by Crippen LogP contribution is -2.56. The predicted molar refractivity (Wildman–Crippen MR) is 156 cm³/mol. The summed E-state index contributed by atoms with van der Waals surface area (Å²) in [4.78, 5) is 45.9. The molecule has 1 saturated carbocycles. The molecular formula is C31H41BrN4O4. The number of hydrogen-bond acceptors (Lipinski definition) is 5. The summed E-state index contributed by atoms with van der Waals surface area (Å²) in [6, 6.07) is 6.75. The number of amides is 3. The molecule has 4 heterocycles. The van der Waals surface area contributed by atoms with Gasteiger partial charge < -0.3 is 25.2 Å². The van der Waals surface area contributed by atoms with Gasteiger partial charge in [0.1, 0.15) is 11.6 Å². The third-order valence-electron chi connectivity index (χ3n) is 9.74. The average molecular weight is 614 g/mol. The van der Waals surface area contributed by atoms with Crippen molar-refractivity contribution in [1.82, 2.24) is 15.1 Å². The van der Waals surface area contributed by atoms with Crippen molar-refractivity contribution in [2.24, 2.45) is 17.8 Å². The summed E-state index contributed by atoms with van der Waals surface area (Å²) in [5.74, 6) is -1.15. The van der Waals surface area contributed by atoms with Crippen molar-refractivity contribution in [3.05, 3.63) is 40.9 Å². The lowest BCUT2D eigenvalue weighted by molar-refractivity contribution is -0.141. The summed E-state index contributed by atoms with van der Waals surface area (Å²) in [5.41, 5.74) is -0.443. The van der Waals surface area contributed by atoms with E-state index in [1.165, 1.54) is 19.3 Å². The lowest BCUT2D eigenvalue weighted by atomic mass is 9.74. The van der Waals surface area contributed by atoms with Crippen LogP contribution in [-0.2, 0) is 19.1 Å². The second-order valence-corrected chi connectivity index (χ2v) is 13.4. The molecule has 6 rings (SSSR count). The molecule has 4 aliphatic heterocycles. The number of carbonyl (C=O) groups excluding carboxylic acids is 3. The number of benzene rings is 1. The highest BCUT2D eigenvalue weighted by molar-refractivity contribution is 9.10. The molecule has 1 aromatic carbocycles. The molecule has 3 saturated heterocycles. The van der Waals surface area contributed by atoms with Gasteiger partial charge in [-0.25, -0.2) is 0 Å². The minimum absolute atomic E-state index is 0.128. The summed E-state index contributed by atoms with van der Waals surface area (Å²) < 4.78 is 7.41. The maximum Gasteiger partial charge on any atom is 0.246 e. The van der Waals surface area contributed by atoms with Gasteiger partial charge in [-0.1, -0.05) is 54.3 Å². The number of piperidine rings is 1. The molecule has 1 aliphatic carbocycles. The van der Waals surface area contributed by atoms with Crippen LogP contribution >= 0.6 is 15.9 Å². The average Bonchev–Trinajstić information content (AvgIpc) is 3.59. The number of anilines is 1. The first-order chi connectivity index (χ1) is 19.4. The van der Waals surface area contributed by atoms with Gasteiger partial charge in [0.15, 0.2) is 0 Å². The van der Waals surface area contributed by atoms with Crippen molar-refractivity contribution in [2.45, 2.75) is 82.1 Å². The van der Waals surface area contributed by atoms with E-state index in [0.717, 1.165) is 62.1 Å². The number of halogens is 1. The normalized spacial score (nSPS) is 32.5. The van der Waals surface area contributed by atoms with Gasteiger partial charge in [-0.3, -0.25) is 14.4 Å². The smallest absolute Gasteiger partial charge is 0.246 e. The number of hydrogen-bond donors (Lipinski definition) is 2. The molecule has 2 N–H and O–H groups in total. The van der Waals surface area contributed by atoms with E-state index in [0.29, 0.717) is 12.2 Å². The Bertz CT molecular complexity index is 1140. The van der Waals surface area contributed by atoms with Gasteiger partial charge in [0.05, 0.1) is 17.9 Å². The predicted octanol–water partition coefficient (Wildman–Crippen LogP) is 4.11. The fourth-order valence-electron chi connectivity index (χ4n) is 7.54. The molecule has 0 aromatic heterocycles. The quantitative estimate of drug-likeness (QED) is 0.431. The Balaban J connectivity index is 1.22. The van der Waals surface area contributed by atoms with Gasteiger partial charge in [0.25, 0.3) is 0 Å². The van der Waals surface area contributed by atoms with Gasteiger partial charge in [-0.15, -0.1) is 0 Å². The number of likely N-dealkylation sites (tertiary alicyclic amines) is 2. The minimum Gasteiger partial charge on any atom is -0.359 e. The van der Waals surface area contributed by atoms with Crippen LogP contribution in [0.1, 0.15) is 58.3 Å². The molecule has 4 fully saturated rings.